The second-order valence-corrected chi connectivity index (χ2v) is 7.12. The Morgan fingerprint density at radius 1 is 1.22 bits per heavy atom. The summed E-state index contributed by atoms with van der Waals surface area (Å²) in [6.07, 6.45) is 3.52. The average molecular weight is 388 g/mol. The highest BCUT2D eigenvalue weighted by molar-refractivity contribution is 5.91. The van der Waals surface area contributed by atoms with Crippen molar-refractivity contribution in [2.45, 2.75) is 38.1 Å². The average Bonchev–Trinajstić information content (AvgIpc) is 2.69. The number of fused-ring (bicyclic) bond motifs is 3. The molecular weight excluding hydrogens is 362 g/mol. The van der Waals surface area contributed by atoms with Gasteiger partial charge in [0.25, 0.3) is 0 Å². The van der Waals surface area contributed by atoms with Crippen molar-refractivity contribution >= 4 is 18.4 Å². The molecule has 2 heterocycles. The van der Waals surface area contributed by atoms with Crippen molar-refractivity contribution in [1.29, 1.82) is 0 Å². The van der Waals surface area contributed by atoms with Gasteiger partial charge in [0.05, 0.1) is 11.6 Å². The Kier molecular flexibility index (Phi) is 6.40. The first-order valence-electron chi connectivity index (χ1n) is 9.54. The SMILES string of the molecule is CCCN1CCC[C@@H]2c3cc(OC(=O)c4ccccc4)ccc3OC[C@H]21.Cl. The number of halogens is 1. The maximum absolute atomic E-state index is 12.3. The molecule has 0 radical (unpaired) electrons. The smallest absolute Gasteiger partial charge is 0.343 e. The first kappa shape index (κ1) is 19.7. The van der Waals surface area contributed by atoms with E-state index in [9.17, 15) is 4.79 Å². The third-order valence-electron chi connectivity index (χ3n) is 5.42. The summed E-state index contributed by atoms with van der Waals surface area (Å²) in [6, 6.07) is 15.3. The number of piperidine rings is 1. The molecule has 0 aliphatic carbocycles. The van der Waals surface area contributed by atoms with E-state index in [0.717, 1.165) is 38.3 Å². The van der Waals surface area contributed by atoms with Crippen LogP contribution in [0.1, 0.15) is 48.0 Å². The maximum Gasteiger partial charge on any atom is 0.343 e. The van der Waals surface area contributed by atoms with Crippen molar-refractivity contribution in [3.63, 3.8) is 0 Å². The van der Waals surface area contributed by atoms with Crippen molar-refractivity contribution in [2.24, 2.45) is 0 Å². The molecule has 2 aliphatic rings. The number of benzene rings is 2. The Morgan fingerprint density at radius 3 is 2.81 bits per heavy atom. The summed E-state index contributed by atoms with van der Waals surface area (Å²) in [5, 5.41) is 0. The Labute approximate surface area is 166 Å². The van der Waals surface area contributed by atoms with Gasteiger partial charge in [-0.2, -0.15) is 0 Å². The number of carbonyl (C=O) groups excluding carboxylic acids is 1. The molecule has 1 saturated heterocycles. The largest absolute Gasteiger partial charge is 0.492 e. The zero-order chi connectivity index (χ0) is 17.9. The number of hydrogen-bond acceptors (Lipinski definition) is 4. The molecule has 2 atom stereocenters. The highest BCUT2D eigenvalue weighted by atomic mass is 35.5. The van der Waals surface area contributed by atoms with Gasteiger partial charge in [0.15, 0.2) is 0 Å². The molecule has 4 nitrogen and oxygen atoms in total. The van der Waals surface area contributed by atoms with Gasteiger partial charge in [-0.15, -0.1) is 12.4 Å². The van der Waals surface area contributed by atoms with E-state index in [0.29, 0.717) is 23.3 Å². The van der Waals surface area contributed by atoms with Crippen LogP contribution in [0, 0.1) is 0 Å². The number of ether oxygens (including phenoxy) is 2. The van der Waals surface area contributed by atoms with Crippen LogP contribution in [0.3, 0.4) is 0 Å². The van der Waals surface area contributed by atoms with Crippen LogP contribution in [-0.4, -0.2) is 36.6 Å². The molecular formula is C22H26ClNO3. The van der Waals surface area contributed by atoms with Crippen LogP contribution in [-0.2, 0) is 0 Å². The van der Waals surface area contributed by atoms with Crippen LogP contribution in [0.25, 0.3) is 0 Å². The highest BCUT2D eigenvalue weighted by Gasteiger charge is 2.37. The fourth-order valence-electron chi connectivity index (χ4n) is 4.20. The standard InChI is InChI=1S/C22H25NO3.ClH/c1-2-12-23-13-6-9-18-19-14-17(10-11-21(19)25-15-20(18)23)26-22(24)16-7-4-3-5-8-16;/h3-5,7-8,10-11,14,18,20H,2,6,9,12-13,15H2,1H3;1H/t18-,20-;/m1./s1. The van der Waals surface area contributed by atoms with Gasteiger partial charge in [0.1, 0.15) is 18.1 Å². The lowest BCUT2D eigenvalue weighted by Gasteiger charge is -2.44. The van der Waals surface area contributed by atoms with Crippen molar-refractivity contribution in [3.8, 4) is 11.5 Å². The normalized spacial score (nSPS) is 21.2. The van der Waals surface area contributed by atoms with Crippen LogP contribution in [0.5, 0.6) is 11.5 Å². The van der Waals surface area contributed by atoms with Crippen LogP contribution in [0.2, 0.25) is 0 Å². The molecule has 27 heavy (non-hydrogen) atoms. The quantitative estimate of drug-likeness (QED) is 0.564. The molecule has 2 aromatic carbocycles. The molecule has 2 aromatic rings. The number of likely N-dealkylation sites (tertiary alicyclic amines) is 1. The molecule has 2 aliphatic heterocycles. The predicted molar refractivity (Wildman–Crippen MR) is 108 cm³/mol. The highest BCUT2D eigenvalue weighted by Crippen LogP contribution is 2.42. The van der Waals surface area contributed by atoms with E-state index in [1.54, 1.807) is 12.1 Å². The zero-order valence-electron chi connectivity index (χ0n) is 15.6. The van der Waals surface area contributed by atoms with Gasteiger partial charge in [-0.05, 0) is 62.7 Å². The summed E-state index contributed by atoms with van der Waals surface area (Å²) >= 11 is 0. The first-order chi connectivity index (χ1) is 12.8. The van der Waals surface area contributed by atoms with Gasteiger partial charge in [0, 0.05) is 11.5 Å². The lowest BCUT2D eigenvalue weighted by molar-refractivity contribution is 0.0651. The lowest BCUT2D eigenvalue weighted by atomic mass is 9.81. The van der Waals surface area contributed by atoms with Gasteiger partial charge >= 0.3 is 5.97 Å². The molecule has 0 saturated carbocycles. The van der Waals surface area contributed by atoms with Crippen LogP contribution < -0.4 is 9.47 Å². The summed E-state index contributed by atoms with van der Waals surface area (Å²) < 4.78 is 11.6. The second kappa shape index (κ2) is 8.77. The summed E-state index contributed by atoms with van der Waals surface area (Å²) in [5.74, 6) is 1.66. The number of carbonyl (C=O) groups is 1. The number of hydrogen-bond donors (Lipinski definition) is 0. The van der Waals surface area contributed by atoms with Crippen molar-refractivity contribution in [2.75, 3.05) is 19.7 Å². The Bertz CT molecular complexity index is 778. The Morgan fingerprint density at radius 2 is 2.04 bits per heavy atom. The van der Waals surface area contributed by atoms with Crippen molar-refractivity contribution in [3.05, 3.63) is 59.7 Å². The predicted octanol–water partition coefficient (Wildman–Crippen LogP) is 4.68. The van der Waals surface area contributed by atoms with E-state index in [2.05, 4.69) is 11.8 Å². The Hall–Kier alpha value is -2.04. The third-order valence-corrected chi connectivity index (χ3v) is 5.42. The van der Waals surface area contributed by atoms with Gasteiger partial charge in [-0.25, -0.2) is 4.79 Å². The molecule has 0 bridgehead atoms. The van der Waals surface area contributed by atoms with E-state index in [1.807, 2.05) is 36.4 Å². The molecule has 144 valence electrons. The van der Waals surface area contributed by atoms with E-state index in [4.69, 9.17) is 9.47 Å². The van der Waals surface area contributed by atoms with Crippen LogP contribution in [0.15, 0.2) is 48.5 Å². The molecule has 0 spiro atoms. The maximum atomic E-state index is 12.3. The fraction of sp³-hybridized carbons (Fsp3) is 0.409. The van der Waals surface area contributed by atoms with Crippen molar-refractivity contribution in [1.82, 2.24) is 4.90 Å². The molecule has 0 amide bonds. The van der Waals surface area contributed by atoms with Gasteiger partial charge in [0.2, 0.25) is 0 Å². The van der Waals surface area contributed by atoms with Gasteiger partial charge in [-0.1, -0.05) is 25.1 Å². The van der Waals surface area contributed by atoms with Crippen LogP contribution in [0.4, 0.5) is 0 Å². The molecule has 5 heteroatoms. The molecule has 0 N–H and O–H groups in total. The van der Waals surface area contributed by atoms with Gasteiger partial charge < -0.3 is 9.47 Å². The summed E-state index contributed by atoms with van der Waals surface area (Å²) in [7, 11) is 0. The number of rotatable bonds is 4. The number of nitrogens with zero attached hydrogens (tertiary/aromatic N) is 1. The minimum atomic E-state index is -0.324. The van der Waals surface area contributed by atoms with Gasteiger partial charge in [-0.3, -0.25) is 4.90 Å². The van der Waals surface area contributed by atoms with Crippen LogP contribution >= 0.6 is 12.4 Å². The first-order valence-corrected chi connectivity index (χ1v) is 9.54. The monoisotopic (exact) mass is 387 g/mol. The topological polar surface area (TPSA) is 38.8 Å². The molecule has 0 aromatic heterocycles. The minimum Gasteiger partial charge on any atom is -0.492 e. The van der Waals surface area contributed by atoms with E-state index in [-0.39, 0.29) is 18.4 Å². The fourth-order valence-corrected chi connectivity index (χ4v) is 4.20. The zero-order valence-corrected chi connectivity index (χ0v) is 16.4. The molecule has 4 rings (SSSR count). The molecule has 0 unspecified atom stereocenters. The third kappa shape index (κ3) is 4.12. The summed E-state index contributed by atoms with van der Waals surface area (Å²) in [5.41, 5.74) is 1.74. The lowest BCUT2D eigenvalue weighted by Crippen LogP contribution is -2.49. The van der Waals surface area contributed by atoms with Crippen molar-refractivity contribution < 1.29 is 14.3 Å². The molecule has 1 fully saturated rings. The summed E-state index contributed by atoms with van der Waals surface area (Å²) in [6.45, 7) is 5.24. The Balaban J connectivity index is 0.00000210. The summed E-state index contributed by atoms with van der Waals surface area (Å²) in [4.78, 5) is 14.9. The van der Waals surface area contributed by atoms with E-state index in [1.165, 1.54) is 12.0 Å². The van der Waals surface area contributed by atoms with E-state index < -0.39 is 0 Å². The minimum absolute atomic E-state index is 0. The number of esters is 1. The second-order valence-electron chi connectivity index (χ2n) is 7.12. The van der Waals surface area contributed by atoms with E-state index >= 15 is 0 Å².